The van der Waals surface area contributed by atoms with E-state index < -0.39 is 0 Å². The lowest BCUT2D eigenvalue weighted by atomic mass is 10.3. The van der Waals surface area contributed by atoms with Gasteiger partial charge in [-0.25, -0.2) is 0 Å². The normalized spacial score (nSPS) is 27.8. The number of carbonyl (C=O) groups excluding carboxylic acids is 1. The van der Waals surface area contributed by atoms with Crippen molar-refractivity contribution in [3.8, 4) is 0 Å². The Morgan fingerprint density at radius 2 is 2.70 bits per heavy atom. The number of rotatable bonds is 1. The molecule has 2 heterocycles. The lowest BCUT2D eigenvalue weighted by Gasteiger charge is -2.15. The van der Waals surface area contributed by atoms with Crippen LogP contribution >= 0.6 is 0 Å². The first kappa shape index (κ1) is 5.53. The van der Waals surface area contributed by atoms with Gasteiger partial charge in [-0.2, -0.15) is 0 Å². The molecule has 2 aliphatic heterocycles. The van der Waals surface area contributed by atoms with Crippen LogP contribution in [0.5, 0.6) is 0 Å². The number of ether oxygens (including phenoxy) is 1. The lowest BCUT2D eigenvalue weighted by molar-refractivity contribution is -0.110. The van der Waals surface area contributed by atoms with Gasteiger partial charge in [-0.15, -0.1) is 0 Å². The molecular weight excluding hydrogens is 130 g/mol. The second-order valence-corrected chi connectivity index (χ2v) is 2.29. The van der Waals surface area contributed by atoms with Gasteiger partial charge in [0.1, 0.15) is 18.6 Å². The molecule has 3 nitrogen and oxygen atoms in total. The molecule has 52 valence electrons. The molecule has 0 bridgehead atoms. The highest BCUT2D eigenvalue weighted by atomic mass is 16.5. The standard InChI is InChI=1S/C7H7NO2/c9-3-6-1-2-7-4-10-5-8(6)7/h1-4,6H,5H2. The molecule has 0 N–H and O–H groups in total. The third-order valence-electron chi connectivity index (χ3n) is 1.71. The van der Waals surface area contributed by atoms with Crippen molar-refractivity contribution in [1.29, 1.82) is 0 Å². The molecule has 0 aromatic carbocycles. The highest BCUT2D eigenvalue weighted by molar-refractivity contribution is 5.64. The summed E-state index contributed by atoms with van der Waals surface area (Å²) in [5.41, 5.74) is 0.997. The number of aldehydes is 1. The van der Waals surface area contributed by atoms with Crippen LogP contribution in [0.1, 0.15) is 0 Å². The van der Waals surface area contributed by atoms with Gasteiger partial charge in [0.05, 0.1) is 5.70 Å². The van der Waals surface area contributed by atoms with Gasteiger partial charge >= 0.3 is 0 Å². The fraction of sp³-hybridized carbons (Fsp3) is 0.286. The second kappa shape index (κ2) is 1.87. The predicted molar refractivity (Wildman–Crippen MR) is 34.9 cm³/mol. The molecule has 0 saturated heterocycles. The maximum absolute atomic E-state index is 10.4. The average molecular weight is 137 g/mol. The minimum absolute atomic E-state index is 0.103. The second-order valence-electron chi connectivity index (χ2n) is 2.29. The molecule has 10 heavy (non-hydrogen) atoms. The zero-order valence-corrected chi connectivity index (χ0v) is 5.36. The Morgan fingerprint density at radius 3 is 3.50 bits per heavy atom. The summed E-state index contributed by atoms with van der Waals surface area (Å²) >= 11 is 0. The summed E-state index contributed by atoms with van der Waals surface area (Å²) in [5.74, 6) is 0. The van der Waals surface area contributed by atoms with Gasteiger partial charge in [-0.3, -0.25) is 0 Å². The fourth-order valence-electron chi connectivity index (χ4n) is 1.16. The topological polar surface area (TPSA) is 29.5 Å². The third-order valence-corrected chi connectivity index (χ3v) is 1.71. The minimum atomic E-state index is -0.103. The van der Waals surface area contributed by atoms with Crippen LogP contribution in [0.3, 0.4) is 0 Å². The Bertz CT molecular complexity index is 220. The van der Waals surface area contributed by atoms with Crippen LogP contribution in [0.4, 0.5) is 0 Å². The van der Waals surface area contributed by atoms with Crippen LogP contribution in [-0.4, -0.2) is 24.0 Å². The summed E-state index contributed by atoms with van der Waals surface area (Å²) in [6, 6.07) is -0.103. The van der Waals surface area contributed by atoms with Crippen molar-refractivity contribution in [2.45, 2.75) is 6.04 Å². The fourth-order valence-corrected chi connectivity index (χ4v) is 1.16. The molecular formula is C7H7NO2. The van der Waals surface area contributed by atoms with Crippen LogP contribution < -0.4 is 0 Å². The molecule has 1 atom stereocenters. The van der Waals surface area contributed by atoms with Gasteiger partial charge in [-0.05, 0) is 6.08 Å². The quantitative estimate of drug-likeness (QED) is 0.485. The number of hydrogen-bond acceptors (Lipinski definition) is 3. The van der Waals surface area contributed by atoms with Crippen molar-refractivity contribution < 1.29 is 9.53 Å². The van der Waals surface area contributed by atoms with Gasteiger partial charge in [0.25, 0.3) is 0 Å². The van der Waals surface area contributed by atoms with Crippen molar-refractivity contribution in [3.05, 3.63) is 24.1 Å². The van der Waals surface area contributed by atoms with Gasteiger partial charge in [0.15, 0.2) is 6.73 Å². The summed E-state index contributed by atoms with van der Waals surface area (Å²) in [5, 5.41) is 0. The molecule has 0 radical (unpaired) electrons. The predicted octanol–water partition coefficient (Wildman–Crippen LogP) is 0.255. The van der Waals surface area contributed by atoms with Crippen molar-refractivity contribution in [2.75, 3.05) is 6.73 Å². The SMILES string of the molecule is O=CC1C=CC2=COCN21. The number of nitrogens with zero attached hydrogens (tertiary/aromatic N) is 1. The first-order valence-electron chi connectivity index (χ1n) is 3.14. The molecule has 0 aromatic rings. The van der Waals surface area contributed by atoms with Gasteiger partial charge in [0.2, 0.25) is 0 Å². The summed E-state index contributed by atoms with van der Waals surface area (Å²) in [4.78, 5) is 12.3. The van der Waals surface area contributed by atoms with E-state index in [0.717, 1.165) is 12.0 Å². The van der Waals surface area contributed by atoms with E-state index in [2.05, 4.69) is 0 Å². The largest absolute Gasteiger partial charge is 0.479 e. The number of hydrogen-bond donors (Lipinski definition) is 0. The first-order chi connectivity index (χ1) is 4.92. The van der Waals surface area contributed by atoms with Gasteiger partial charge in [-0.1, -0.05) is 6.08 Å². The van der Waals surface area contributed by atoms with Gasteiger partial charge < -0.3 is 14.4 Å². The molecule has 0 fully saturated rings. The molecule has 1 unspecified atom stereocenters. The molecule has 0 saturated carbocycles. The summed E-state index contributed by atoms with van der Waals surface area (Å²) in [6.45, 7) is 0.506. The number of allylic oxidation sites excluding steroid dienone is 1. The Labute approximate surface area is 58.6 Å². The molecule has 0 aliphatic carbocycles. The molecule has 2 rings (SSSR count). The van der Waals surface area contributed by atoms with E-state index in [1.54, 1.807) is 6.26 Å². The highest BCUT2D eigenvalue weighted by Crippen LogP contribution is 2.22. The number of fused-ring (bicyclic) bond motifs is 1. The molecule has 0 spiro atoms. The zero-order valence-electron chi connectivity index (χ0n) is 5.36. The van der Waals surface area contributed by atoms with E-state index in [-0.39, 0.29) is 6.04 Å². The van der Waals surface area contributed by atoms with Crippen molar-refractivity contribution in [1.82, 2.24) is 4.90 Å². The Hall–Kier alpha value is -1.25. The third kappa shape index (κ3) is 0.572. The minimum Gasteiger partial charge on any atom is -0.479 e. The number of carbonyl (C=O) groups is 1. The highest BCUT2D eigenvalue weighted by Gasteiger charge is 2.25. The summed E-state index contributed by atoms with van der Waals surface area (Å²) < 4.78 is 5.00. The van der Waals surface area contributed by atoms with Crippen molar-refractivity contribution in [2.24, 2.45) is 0 Å². The van der Waals surface area contributed by atoms with Crippen molar-refractivity contribution >= 4 is 6.29 Å². The Morgan fingerprint density at radius 1 is 1.80 bits per heavy atom. The van der Waals surface area contributed by atoms with Crippen LogP contribution in [0.15, 0.2) is 24.1 Å². The van der Waals surface area contributed by atoms with E-state index in [1.165, 1.54) is 0 Å². The van der Waals surface area contributed by atoms with E-state index in [0.29, 0.717) is 6.73 Å². The van der Waals surface area contributed by atoms with E-state index in [4.69, 9.17) is 4.74 Å². The average Bonchev–Trinajstić information content (AvgIpc) is 2.44. The van der Waals surface area contributed by atoms with Crippen LogP contribution in [-0.2, 0) is 9.53 Å². The summed E-state index contributed by atoms with van der Waals surface area (Å²) in [6.07, 6.45) is 6.33. The zero-order chi connectivity index (χ0) is 6.97. The van der Waals surface area contributed by atoms with Crippen LogP contribution in [0.2, 0.25) is 0 Å². The van der Waals surface area contributed by atoms with Gasteiger partial charge in [0, 0.05) is 0 Å². The van der Waals surface area contributed by atoms with Crippen LogP contribution in [0, 0.1) is 0 Å². The Balaban J connectivity index is 2.26. The summed E-state index contributed by atoms with van der Waals surface area (Å²) in [7, 11) is 0. The molecule has 0 aromatic heterocycles. The maximum Gasteiger partial charge on any atom is 0.161 e. The van der Waals surface area contributed by atoms with Crippen LogP contribution in [0.25, 0.3) is 0 Å². The van der Waals surface area contributed by atoms with E-state index >= 15 is 0 Å². The molecule has 2 aliphatic rings. The Kier molecular flexibility index (Phi) is 1.03. The smallest absolute Gasteiger partial charge is 0.161 e. The first-order valence-corrected chi connectivity index (χ1v) is 3.14. The maximum atomic E-state index is 10.4. The molecule has 3 heteroatoms. The van der Waals surface area contributed by atoms with E-state index in [9.17, 15) is 4.79 Å². The molecule has 0 amide bonds. The van der Waals surface area contributed by atoms with E-state index in [1.807, 2.05) is 17.1 Å². The van der Waals surface area contributed by atoms with Crippen molar-refractivity contribution in [3.63, 3.8) is 0 Å². The lowest BCUT2D eigenvalue weighted by Crippen LogP contribution is -2.27. The monoisotopic (exact) mass is 137 g/mol.